The van der Waals surface area contributed by atoms with E-state index in [1.165, 1.54) is 11.3 Å². The number of sulfonamides is 1. The number of hydrogen-bond donors (Lipinski definition) is 1. The number of aliphatic hydroxyl groups excluding tert-OH is 1. The first kappa shape index (κ1) is 15.9. The lowest BCUT2D eigenvalue weighted by atomic mass is 9.98. The second-order valence-electron chi connectivity index (χ2n) is 5.48. The Morgan fingerprint density at radius 1 is 1.40 bits per heavy atom. The van der Waals surface area contributed by atoms with Crippen LogP contribution in [-0.4, -0.2) is 56.5 Å². The van der Waals surface area contributed by atoms with Crippen molar-refractivity contribution < 1.29 is 13.5 Å². The van der Waals surface area contributed by atoms with Gasteiger partial charge in [-0.15, -0.1) is 11.3 Å². The van der Waals surface area contributed by atoms with E-state index in [1.54, 1.807) is 15.8 Å². The molecule has 0 amide bonds. The van der Waals surface area contributed by atoms with Gasteiger partial charge in [-0.25, -0.2) is 8.42 Å². The van der Waals surface area contributed by atoms with Crippen molar-refractivity contribution in [2.75, 3.05) is 33.7 Å². The molecule has 2 rings (SSSR count). The van der Waals surface area contributed by atoms with Crippen LogP contribution >= 0.6 is 11.3 Å². The Bertz CT molecular complexity index is 532. The maximum absolute atomic E-state index is 12.6. The van der Waals surface area contributed by atoms with Gasteiger partial charge < -0.3 is 10.0 Å². The van der Waals surface area contributed by atoms with Crippen molar-refractivity contribution in [3.63, 3.8) is 0 Å². The van der Waals surface area contributed by atoms with Gasteiger partial charge in [0.2, 0.25) is 10.0 Å². The fourth-order valence-electron chi connectivity index (χ4n) is 2.66. The highest BCUT2D eigenvalue weighted by atomic mass is 32.2. The largest absolute Gasteiger partial charge is 0.391 e. The molecular weight excluding hydrogens is 296 g/mol. The summed E-state index contributed by atoms with van der Waals surface area (Å²) >= 11 is 1.29. The summed E-state index contributed by atoms with van der Waals surface area (Å²) in [7, 11) is 0.644. The van der Waals surface area contributed by atoms with Crippen molar-refractivity contribution >= 4 is 21.4 Å². The molecule has 5 nitrogen and oxygen atoms in total. The molecule has 114 valence electrons. The van der Waals surface area contributed by atoms with Crippen molar-refractivity contribution in [2.45, 2.75) is 24.3 Å². The minimum absolute atomic E-state index is 0.219. The lowest BCUT2D eigenvalue weighted by molar-refractivity contribution is 0.224. The van der Waals surface area contributed by atoms with Crippen molar-refractivity contribution in [2.24, 2.45) is 5.92 Å². The van der Waals surface area contributed by atoms with Crippen LogP contribution in [0.15, 0.2) is 16.3 Å². The van der Waals surface area contributed by atoms with Crippen LogP contribution in [0.2, 0.25) is 0 Å². The lowest BCUT2D eigenvalue weighted by Gasteiger charge is -2.32. The van der Waals surface area contributed by atoms with Crippen molar-refractivity contribution in [1.29, 1.82) is 0 Å². The SMILES string of the molecule is CN(C)CC1CCN(S(=O)(=O)c2ccsc2CO)CC1. The second-order valence-corrected chi connectivity index (χ2v) is 8.38. The first-order chi connectivity index (χ1) is 9.45. The third kappa shape index (κ3) is 3.40. The molecule has 0 radical (unpaired) electrons. The lowest BCUT2D eigenvalue weighted by Crippen LogP contribution is -2.40. The van der Waals surface area contributed by atoms with E-state index >= 15 is 0 Å². The summed E-state index contributed by atoms with van der Waals surface area (Å²) < 4.78 is 26.7. The number of piperidine rings is 1. The summed E-state index contributed by atoms with van der Waals surface area (Å²) in [6.45, 7) is 1.93. The predicted molar refractivity (Wildman–Crippen MR) is 80.3 cm³/mol. The zero-order chi connectivity index (χ0) is 14.8. The molecule has 0 spiro atoms. The monoisotopic (exact) mass is 318 g/mol. The molecule has 0 unspecified atom stereocenters. The van der Waals surface area contributed by atoms with E-state index in [4.69, 9.17) is 0 Å². The normalized spacial score (nSPS) is 18.8. The van der Waals surface area contributed by atoms with Crippen LogP contribution < -0.4 is 0 Å². The molecule has 2 heterocycles. The Morgan fingerprint density at radius 2 is 2.05 bits per heavy atom. The van der Waals surface area contributed by atoms with E-state index in [2.05, 4.69) is 4.90 Å². The van der Waals surface area contributed by atoms with Gasteiger partial charge in [0.05, 0.1) is 11.5 Å². The van der Waals surface area contributed by atoms with Crippen molar-refractivity contribution in [3.8, 4) is 0 Å². The third-order valence-corrected chi connectivity index (χ3v) is 6.68. The molecule has 20 heavy (non-hydrogen) atoms. The van der Waals surface area contributed by atoms with E-state index in [1.807, 2.05) is 14.1 Å². The summed E-state index contributed by atoms with van der Waals surface area (Å²) in [5, 5.41) is 11.0. The maximum atomic E-state index is 12.6. The summed E-state index contributed by atoms with van der Waals surface area (Å²) in [5.41, 5.74) is 0. The number of hydrogen-bond acceptors (Lipinski definition) is 5. The average Bonchev–Trinajstić information content (AvgIpc) is 2.87. The summed E-state index contributed by atoms with van der Waals surface area (Å²) in [5.74, 6) is 0.566. The van der Waals surface area contributed by atoms with E-state index in [9.17, 15) is 13.5 Å². The number of thiophene rings is 1. The van der Waals surface area contributed by atoms with Crippen molar-refractivity contribution in [3.05, 3.63) is 16.3 Å². The number of aliphatic hydroxyl groups is 1. The molecule has 0 bridgehead atoms. The first-order valence-electron chi connectivity index (χ1n) is 6.77. The van der Waals surface area contributed by atoms with Gasteiger partial charge in [-0.1, -0.05) is 0 Å². The fourth-order valence-corrected chi connectivity index (χ4v) is 5.40. The van der Waals surface area contributed by atoms with Crippen LogP contribution in [0.4, 0.5) is 0 Å². The molecule has 1 aromatic heterocycles. The van der Waals surface area contributed by atoms with Gasteiger partial charge in [0, 0.05) is 24.5 Å². The van der Waals surface area contributed by atoms with Crippen LogP contribution in [0.3, 0.4) is 0 Å². The summed E-state index contributed by atoms with van der Waals surface area (Å²) in [6.07, 6.45) is 1.80. The van der Waals surface area contributed by atoms with Crippen LogP contribution in [0.5, 0.6) is 0 Å². The van der Waals surface area contributed by atoms with Crippen LogP contribution in [-0.2, 0) is 16.6 Å². The van der Waals surface area contributed by atoms with E-state index in [-0.39, 0.29) is 11.5 Å². The molecule has 7 heteroatoms. The molecule has 1 saturated heterocycles. The highest BCUT2D eigenvalue weighted by molar-refractivity contribution is 7.89. The number of nitrogens with zero attached hydrogens (tertiary/aromatic N) is 2. The van der Waals surface area contributed by atoms with Gasteiger partial charge in [-0.05, 0) is 44.3 Å². The van der Waals surface area contributed by atoms with E-state index < -0.39 is 10.0 Å². The minimum atomic E-state index is -3.44. The Labute approximate surface area is 124 Å². The zero-order valence-electron chi connectivity index (χ0n) is 11.9. The highest BCUT2D eigenvalue weighted by Crippen LogP contribution is 2.28. The number of rotatable bonds is 5. The van der Waals surface area contributed by atoms with Gasteiger partial charge in [0.15, 0.2) is 0 Å². The minimum Gasteiger partial charge on any atom is -0.391 e. The Hall–Kier alpha value is -0.470. The summed E-state index contributed by atoms with van der Waals surface area (Å²) in [6, 6.07) is 1.59. The average molecular weight is 318 g/mol. The molecule has 0 atom stereocenters. The van der Waals surface area contributed by atoms with Gasteiger partial charge in [0.1, 0.15) is 0 Å². The molecule has 0 aromatic carbocycles. The van der Waals surface area contributed by atoms with Crippen molar-refractivity contribution in [1.82, 2.24) is 9.21 Å². The molecule has 1 aromatic rings. The smallest absolute Gasteiger partial charge is 0.244 e. The van der Waals surface area contributed by atoms with Gasteiger partial charge in [0.25, 0.3) is 0 Å². The molecule has 1 N–H and O–H groups in total. The maximum Gasteiger partial charge on any atom is 0.244 e. The van der Waals surface area contributed by atoms with Gasteiger partial charge >= 0.3 is 0 Å². The third-order valence-electron chi connectivity index (χ3n) is 3.66. The van der Waals surface area contributed by atoms with E-state index in [0.717, 1.165) is 19.4 Å². The standard InChI is InChI=1S/C13H22N2O3S2/c1-14(2)9-11-3-6-15(7-4-11)20(17,18)13-5-8-19-12(13)10-16/h5,8,11,16H,3-4,6-7,9-10H2,1-2H3. The molecule has 1 fully saturated rings. The van der Waals surface area contributed by atoms with E-state index in [0.29, 0.717) is 23.9 Å². The first-order valence-corrected chi connectivity index (χ1v) is 9.09. The second kappa shape index (κ2) is 6.53. The van der Waals surface area contributed by atoms with Crippen LogP contribution in [0, 0.1) is 5.92 Å². The molecule has 1 aliphatic rings. The van der Waals surface area contributed by atoms with Crippen LogP contribution in [0.25, 0.3) is 0 Å². The van der Waals surface area contributed by atoms with Gasteiger partial charge in [-0.3, -0.25) is 0 Å². The summed E-state index contributed by atoms with van der Waals surface area (Å²) in [4.78, 5) is 2.95. The predicted octanol–water partition coefficient (Wildman–Crippen LogP) is 1.20. The fraction of sp³-hybridized carbons (Fsp3) is 0.692. The topological polar surface area (TPSA) is 60.9 Å². The Morgan fingerprint density at radius 3 is 2.60 bits per heavy atom. The molecule has 0 aliphatic carbocycles. The van der Waals surface area contributed by atoms with Crippen LogP contribution in [0.1, 0.15) is 17.7 Å². The zero-order valence-corrected chi connectivity index (χ0v) is 13.6. The highest BCUT2D eigenvalue weighted by Gasteiger charge is 2.31. The van der Waals surface area contributed by atoms with Gasteiger partial charge in [-0.2, -0.15) is 4.31 Å². The Balaban J connectivity index is 2.06. The molecule has 0 saturated carbocycles. The Kier molecular flexibility index (Phi) is 5.19. The molecule has 1 aliphatic heterocycles. The molecular formula is C13H22N2O3S2. The quantitative estimate of drug-likeness (QED) is 0.886.